The van der Waals surface area contributed by atoms with Crippen LogP contribution in [-0.2, 0) is 4.74 Å². The molecule has 0 aliphatic rings. The molecule has 0 unspecified atom stereocenters. The van der Waals surface area contributed by atoms with Gasteiger partial charge >= 0.3 is 0 Å². The number of nitro groups is 1. The summed E-state index contributed by atoms with van der Waals surface area (Å²) in [5, 5.41) is 14.2. The zero-order valence-corrected chi connectivity index (χ0v) is 13.1. The number of nitrogens with zero attached hydrogens (tertiary/aromatic N) is 3. The quantitative estimate of drug-likeness (QED) is 0.557. The Morgan fingerprint density at radius 3 is 2.71 bits per heavy atom. The summed E-state index contributed by atoms with van der Waals surface area (Å²) in [6.07, 6.45) is 0.928. The van der Waals surface area contributed by atoms with Gasteiger partial charge in [-0.25, -0.2) is 4.98 Å². The maximum atomic E-state index is 11.1. The van der Waals surface area contributed by atoms with Crippen molar-refractivity contribution in [3.63, 3.8) is 0 Å². The highest BCUT2D eigenvalue weighted by Gasteiger charge is 2.17. The molecule has 7 nitrogen and oxygen atoms in total. The van der Waals surface area contributed by atoms with E-state index in [2.05, 4.69) is 10.3 Å². The maximum absolute atomic E-state index is 11.1. The molecule has 0 amide bonds. The van der Waals surface area contributed by atoms with E-state index < -0.39 is 4.92 Å². The van der Waals surface area contributed by atoms with Gasteiger partial charge < -0.3 is 15.0 Å². The minimum Gasteiger partial charge on any atom is -0.383 e. The summed E-state index contributed by atoms with van der Waals surface area (Å²) >= 11 is 0. The summed E-state index contributed by atoms with van der Waals surface area (Å²) in [5.41, 5.74) is 0.0432. The molecule has 0 radical (unpaired) electrons. The summed E-state index contributed by atoms with van der Waals surface area (Å²) in [7, 11) is 1.63. The number of aromatic nitrogens is 1. The normalized spacial score (nSPS) is 10.7. The molecule has 1 heterocycles. The molecule has 7 heteroatoms. The fourth-order valence-electron chi connectivity index (χ4n) is 1.93. The zero-order chi connectivity index (χ0) is 15.8. The third-order valence-electron chi connectivity index (χ3n) is 3.02. The Morgan fingerprint density at radius 1 is 1.48 bits per heavy atom. The number of methoxy groups -OCH3 is 1. The Balaban J connectivity index is 3.11. The number of hydrogen-bond acceptors (Lipinski definition) is 6. The molecule has 0 saturated carbocycles. The number of hydrogen-bond donors (Lipinski definition) is 1. The van der Waals surface area contributed by atoms with Gasteiger partial charge in [0, 0.05) is 26.2 Å². The maximum Gasteiger partial charge on any atom is 0.276 e. The summed E-state index contributed by atoms with van der Waals surface area (Å²) in [6, 6.07) is 3.15. The van der Waals surface area contributed by atoms with E-state index in [0.29, 0.717) is 24.8 Å². The van der Waals surface area contributed by atoms with E-state index in [1.54, 1.807) is 7.11 Å². The Bertz CT molecular complexity index is 466. The molecule has 1 aromatic rings. The van der Waals surface area contributed by atoms with Crippen LogP contribution in [0.4, 0.5) is 17.3 Å². The molecule has 0 saturated heterocycles. The first-order valence-electron chi connectivity index (χ1n) is 7.15. The van der Waals surface area contributed by atoms with Crippen LogP contribution in [0.2, 0.25) is 0 Å². The predicted molar refractivity (Wildman–Crippen MR) is 84.0 cm³/mol. The lowest BCUT2D eigenvalue weighted by molar-refractivity contribution is -0.384. The Kier molecular flexibility index (Phi) is 6.87. The van der Waals surface area contributed by atoms with E-state index in [-0.39, 0.29) is 11.7 Å². The van der Waals surface area contributed by atoms with E-state index in [4.69, 9.17) is 4.74 Å². The fraction of sp³-hybridized carbons (Fsp3) is 0.643. The molecule has 0 aromatic carbocycles. The molecule has 0 aliphatic carbocycles. The molecule has 1 N–H and O–H groups in total. The highest BCUT2D eigenvalue weighted by atomic mass is 16.6. The van der Waals surface area contributed by atoms with Gasteiger partial charge in [-0.05, 0) is 20.3 Å². The highest BCUT2D eigenvalue weighted by molar-refractivity contribution is 5.56. The molecule has 0 atom stereocenters. The largest absolute Gasteiger partial charge is 0.383 e. The summed E-state index contributed by atoms with van der Waals surface area (Å²) in [5.74, 6) is 1.12. The molecule has 0 spiro atoms. The van der Waals surface area contributed by atoms with Crippen LogP contribution >= 0.6 is 0 Å². The summed E-state index contributed by atoms with van der Waals surface area (Å²) in [6.45, 7) is 7.98. The lowest BCUT2D eigenvalue weighted by Crippen LogP contribution is -2.34. The van der Waals surface area contributed by atoms with Crippen LogP contribution in [0.15, 0.2) is 12.1 Å². The van der Waals surface area contributed by atoms with Gasteiger partial charge in [-0.1, -0.05) is 6.92 Å². The second-order valence-corrected chi connectivity index (χ2v) is 5.03. The standard InChI is InChI=1S/C14H24N4O3/c1-5-6-15-13-9-12(18(19)20)10-14(16-13)17(11(2)3)7-8-21-4/h9-11H,5-8H2,1-4H3,(H,15,16). The number of ether oxygens (including phenoxy) is 1. The topological polar surface area (TPSA) is 80.5 Å². The van der Waals surface area contributed by atoms with Crippen LogP contribution in [0, 0.1) is 10.1 Å². The van der Waals surface area contributed by atoms with Crippen molar-refractivity contribution in [1.29, 1.82) is 0 Å². The van der Waals surface area contributed by atoms with Crippen LogP contribution in [0.3, 0.4) is 0 Å². The molecule has 21 heavy (non-hydrogen) atoms. The van der Waals surface area contributed by atoms with Crippen molar-refractivity contribution in [1.82, 2.24) is 4.98 Å². The van der Waals surface area contributed by atoms with Crippen LogP contribution in [0.25, 0.3) is 0 Å². The van der Waals surface area contributed by atoms with E-state index in [1.807, 2.05) is 25.7 Å². The number of nitrogens with one attached hydrogen (secondary N) is 1. The lowest BCUT2D eigenvalue weighted by atomic mass is 10.2. The first kappa shape index (κ1) is 17.2. The third-order valence-corrected chi connectivity index (χ3v) is 3.02. The van der Waals surface area contributed by atoms with Gasteiger partial charge in [0.05, 0.1) is 23.7 Å². The van der Waals surface area contributed by atoms with Crippen LogP contribution < -0.4 is 10.2 Å². The van der Waals surface area contributed by atoms with Crippen molar-refractivity contribution in [2.45, 2.75) is 33.2 Å². The van der Waals surface area contributed by atoms with Gasteiger partial charge in [0.25, 0.3) is 5.69 Å². The Morgan fingerprint density at radius 2 is 2.19 bits per heavy atom. The van der Waals surface area contributed by atoms with Gasteiger partial charge in [0.15, 0.2) is 0 Å². The van der Waals surface area contributed by atoms with Crippen LogP contribution in [-0.4, -0.2) is 42.8 Å². The second kappa shape index (κ2) is 8.41. The number of anilines is 2. The van der Waals surface area contributed by atoms with Crippen molar-refractivity contribution in [2.75, 3.05) is 37.0 Å². The van der Waals surface area contributed by atoms with E-state index in [1.165, 1.54) is 12.1 Å². The van der Waals surface area contributed by atoms with Gasteiger partial charge in [0.2, 0.25) is 0 Å². The van der Waals surface area contributed by atoms with Crippen molar-refractivity contribution >= 4 is 17.3 Å². The zero-order valence-electron chi connectivity index (χ0n) is 13.1. The van der Waals surface area contributed by atoms with Gasteiger partial charge in [-0.15, -0.1) is 0 Å². The first-order valence-corrected chi connectivity index (χ1v) is 7.15. The second-order valence-electron chi connectivity index (χ2n) is 5.03. The number of pyridine rings is 1. The summed E-state index contributed by atoms with van der Waals surface area (Å²) in [4.78, 5) is 17.2. The van der Waals surface area contributed by atoms with Gasteiger partial charge in [0.1, 0.15) is 11.6 Å². The molecule has 118 valence electrons. The van der Waals surface area contributed by atoms with Crippen molar-refractivity contribution in [3.8, 4) is 0 Å². The van der Waals surface area contributed by atoms with Crippen molar-refractivity contribution in [3.05, 3.63) is 22.2 Å². The SMILES string of the molecule is CCCNc1cc([N+](=O)[O-])cc(N(CCOC)C(C)C)n1. The number of rotatable bonds is 9. The molecule has 0 bridgehead atoms. The first-order chi connectivity index (χ1) is 9.99. The van der Waals surface area contributed by atoms with Gasteiger partial charge in [-0.2, -0.15) is 0 Å². The van der Waals surface area contributed by atoms with E-state index >= 15 is 0 Å². The van der Waals surface area contributed by atoms with Crippen LogP contribution in [0.5, 0.6) is 0 Å². The average molecular weight is 296 g/mol. The molecular formula is C14H24N4O3. The van der Waals surface area contributed by atoms with Crippen molar-refractivity contribution in [2.24, 2.45) is 0 Å². The van der Waals surface area contributed by atoms with Crippen LogP contribution in [0.1, 0.15) is 27.2 Å². The van der Waals surface area contributed by atoms with Crippen molar-refractivity contribution < 1.29 is 9.66 Å². The third kappa shape index (κ3) is 5.18. The molecular weight excluding hydrogens is 272 g/mol. The minimum absolute atomic E-state index is 0.0432. The molecule has 1 rings (SSSR count). The fourth-order valence-corrected chi connectivity index (χ4v) is 1.93. The summed E-state index contributed by atoms with van der Waals surface area (Å²) < 4.78 is 5.10. The molecule has 0 aliphatic heterocycles. The predicted octanol–water partition coefficient (Wildman–Crippen LogP) is 2.67. The van der Waals surface area contributed by atoms with E-state index in [9.17, 15) is 10.1 Å². The monoisotopic (exact) mass is 296 g/mol. The average Bonchev–Trinajstić information content (AvgIpc) is 2.45. The lowest BCUT2D eigenvalue weighted by Gasteiger charge is -2.27. The van der Waals surface area contributed by atoms with E-state index in [0.717, 1.165) is 13.0 Å². The highest BCUT2D eigenvalue weighted by Crippen LogP contribution is 2.24. The molecule has 1 aromatic heterocycles. The molecule has 0 fully saturated rings. The smallest absolute Gasteiger partial charge is 0.276 e. The van der Waals surface area contributed by atoms with Gasteiger partial charge in [-0.3, -0.25) is 10.1 Å². The Hall–Kier alpha value is -1.89. The Labute approximate surface area is 125 Å². The minimum atomic E-state index is -0.392.